The summed E-state index contributed by atoms with van der Waals surface area (Å²) in [4.78, 5) is 4.53. The molecule has 0 bridgehead atoms. The van der Waals surface area contributed by atoms with Crippen molar-refractivity contribution in [3.8, 4) is 0 Å². The van der Waals surface area contributed by atoms with Crippen LogP contribution in [0.15, 0.2) is 89.9 Å². The van der Waals surface area contributed by atoms with Gasteiger partial charge in [-0.3, -0.25) is 0 Å². The van der Waals surface area contributed by atoms with Crippen LogP contribution in [0.5, 0.6) is 0 Å². The zero-order chi connectivity index (χ0) is 16.4. The summed E-state index contributed by atoms with van der Waals surface area (Å²) in [5.41, 5.74) is 2.31. The van der Waals surface area contributed by atoms with Gasteiger partial charge in [-0.2, -0.15) is 0 Å². The largest absolute Gasteiger partial charge is 0.219 e. The number of isothiocyanates is 1. The summed E-state index contributed by atoms with van der Waals surface area (Å²) in [6, 6.07) is 29.3. The summed E-state index contributed by atoms with van der Waals surface area (Å²) in [5, 5.41) is 7.42. The number of fused-ring (bicyclic) bond motifs is 2. The molecule has 0 aliphatic rings. The van der Waals surface area contributed by atoms with E-state index in [-0.39, 0.29) is 6.04 Å². The van der Waals surface area contributed by atoms with Crippen LogP contribution in [-0.4, -0.2) is 5.16 Å². The lowest BCUT2D eigenvalue weighted by Gasteiger charge is -2.17. The number of aliphatic imine (C=N–C) groups is 1. The number of benzene rings is 4. The minimum Gasteiger partial charge on any atom is -0.219 e. The van der Waals surface area contributed by atoms with Crippen molar-refractivity contribution in [3.63, 3.8) is 0 Å². The number of hydrogen-bond acceptors (Lipinski definition) is 2. The Balaban J connectivity index is 2.02. The second-order valence-corrected chi connectivity index (χ2v) is 5.94. The van der Waals surface area contributed by atoms with Gasteiger partial charge in [0.25, 0.3) is 0 Å². The Morgan fingerprint density at radius 3 is 1.58 bits per heavy atom. The van der Waals surface area contributed by atoms with Gasteiger partial charge in [-0.15, -0.1) is 0 Å². The predicted molar refractivity (Wildman–Crippen MR) is 105 cm³/mol. The van der Waals surface area contributed by atoms with Gasteiger partial charge < -0.3 is 0 Å². The first-order valence-corrected chi connectivity index (χ1v) is 8.31. The molecule has 0 saturated carbocycles. The van der Waals surface area contributed by atoms with Crippen LogP contribution < -0.4 is 0 Å². The summed E-state index contributed by atoms with van der Waals surface area (Å²) in [7, 11) is 0. The van der Waals surface area contributed by atoms with Crippen molar-refractivity contribution in [1.82, 2.24) is 0 Å². The average Bonchev–Trinajstić information content (AvgIpc) is 2.65. The first-order valence-electron chi connectivity index (χ1n) is 7.91. The maximum Gasteiger partial charge on any atom is 0.111 e. The first-order chi connectivity index (χ1) is 11.9. The van der Waals surface area contributed by atoms with Crippen LogP contribution >= 0.6 is 12.2 Å². The van der Waals surface area contributed by atoms with Crippen LogP contribution in [0.2, 0.25) is 0 Å². The molecule has 0 unspecified atom stereocenters. The normalized spacial score (nSPS) is 10.9. The highest BCUT2D eigenvalue weighted by Gasteiger charge is 2.17. The van der Waals surface area contributed by atoms with E-state index in [4.69, 9.17) is 12.2 Å². The smallest absolute Gasteiger partial charge is 0.111 e. The van der Waals surface area contributed by atoms with E-state index in [1.54, 1.807) is 0 Å². The number of hydrogen-bond donors (Lipinski definition) is 0. The summed E-state index contributed by atoms with van der Waals surface area (Å²) >= 11 is 4.96. The molecule has 0 aliphatic heterocycles. The molecule has 114 valence electrons. The summed E-state index contributed by atoms with van der Waals surface area (Å²) in [6.45, 7) is 0. The SMILES string of the molecule is S=C=NC(c1cccc2ccccc12)c1cccc2ccccc12. The molecule has 0 N–H and O–H groups in total. The lowest BCUT2D eigenvalue weighted by molar-refractivity contribution is 0.901. The third-order valence-electron chi connectivity index (χ3n) is 4.42. The molecule has 0 amide bonds. The van der Waals surface area contributed by atoms with Gasteiger partial charge in [0.1, 0.15) is 6.04 Å². The Bertz CT molecular complexity index is 987. The van der Waals surface area contributed by atoms with Gasteiger partial charge in [-0.25, -0.2) is 4.99 Å². The fourth-order valence-corrected chi connectivity index (χ4v) is 3.44. The van der Waals surface area contributed by atoms with Crippen LogP contribution in [0.4, 0.5) is 0 Å². The van der Waals surface area contributed by atoms with Gasteiger partial charge >= 0.3 is 0 Å². The molecule has 4 rings (SSSR count). The molecule has 0 radical (unpaired) electrons. The fraction of sp³-hybridized carbons (Fsp3) is 0.0455. The third-order valence-corrected chi connectivity index (χ3v) is 4.52. The lowest BCUT2D eigenvalue weighted by Crippen LogP contribution is -2.00. The molecule has 4 aromatic carbocycles. The fourth-order valence-electron chi connectivity index (χ4n) is 3.34. The van der Waals surface area contributed by atoms with Gasteiger partial charge in [0.15, 0.2) is 0 Å². The summed E-state index contributed by atoms with van der Waals surface area (Å²) < 4.78 is 0. The van der Waals surface area contributed by atoms with E-state index in [1.165, 1.54) is 21.5 Å². The van der Waals surface area contributed by atoms with Crippen LogP contribution in [0.3, 0.4) is 0 Å². The van der Waals surface area contributed by atoms with Crippen molar-refractivity contribution >= 4 is 38.9 Å². The van der Waals surface area contributed by atoms with E-state index >= 15 is 0 Å². The monoisotopic (exact) mass is 325 g/mol. The molecular weight excluding hydrogens is 310 g/mol. The summed E-state index contributed by atoms with van der Waals surface area (Å²) in [6.07, 6.45) is 0. The molecule has 4 aromatic rings. The molecule has 0 saturated heterocycles. The van der Waals surface area contributed by atoms with Crippen molar-refractivity contribution < 1.29 is 0 Å². The second kappa shape index (κ2) is 6.37. The van der Waals surface area contributed by atoms with Crippen molar-refractivity contribution in [2.75, 3.05) is 0 Å². The maximum atomic E-state index is 4.96. The molecule has 0 aromatic heterocycles. The average molecular weight is 325 g/mol. The maximum absolute atomic E-state index is 4.96. The van der Waals surface area contributed by atoms with Crippen molar-refractivity contribution in [3.05, 3.63) is 96.1 Å². The Morgan fingerprint density at radius 2 is 1.08 bits per heavy atom. The Kier molecular flexibility index (Phi) is 3.92. The predicted octanol–water partition coefficient (Wildman–Crippen LogP) is 6.19. The van der Waals surface area contributed by atoms with Crippen molar-refractivity contribution in [2.45, 2.75) is 6.04 Å². The second-order valence-electron chi connectivity index (χ2n) is 5.76. The quantitative estimate of drug-likeness (QED) is 0.323. The van der Waals surface area contributed by atoms with Crippen LogP contribution in [0.1, 0.15) is 17.2 Å². The molecule has 0 spiro atoms. The third kappa shape index (κ3) is 2.52. The Labute approximate surface area is 146 Å². The number of nitrogens with zero attached hydrogens (tertiary/aromatic N) is 1. The Morgan fingerprint density at radius 1 is 0.625 bits per heavy atom. The van der Waals surface area contributed by atoms with Gasteiger partial charge in [0, 0.05) is 0 Å². The highest BCUT2D eigenvalue weighted by molar-refractivity contribution is 7.78. The lowest BCUT2D eigenvalue weighted by atomic mass is 9.91. The highest BCUT2D eigenvalue weighted by atomic mass is 32.1. The van der Waals surface area contributed by atoms with Crippen LogP contribution in [-0.2, 0) is 0 Å². The highest BCUT2D eigenvalue weighted by Crippen LogP contribution is 2.35. The minimum atomic E-state index is -0.153. The molecule has 2 heteroatoms. The van der Waals surface area contributed by atoms with E-state index in [2.05, 4.69) is 95.1 Å². The minimum absolute atomic E-state index is 0.153. The number of rotatable bonds is 3. The van der Waals surface area contributed by atoms with E-state index in [0.29, 0.717) is 0 Å². The van der Waals surface area contributed by atoms with Gasteiger partial charge in [-0.1, -0.05) is 84.9 Å². The molecule has 0 atom stereocenters. The van der Waals surface area contributed by atoms with Crippen molar-refractivity contribution in [1.29, 1.82) is 0 Å². The standard InChI is InChI=1S/C22H15NS/c24-15-23-22(20-13-5-9-16-7-1-3-11-18(16)20)21-14-6-10-17-8-2-4-12-19(17)21/h1-14,22H. The van der Waals surface area contributed by atoms with E-state index in [0.717, 1.165) is 11.1 Å². The van der Waals surface area contributed by atoms with Gasteiger partial charge in [-0.05, 0) is 44.9 Å². The first kappa shape index (κ1) is 14.8. The van der Waals surface area contributed by atoms with E-state index in [1.807, 2.05) is 0 Å². The molecule has 1 nitrogen and oxygen atoms in total. The zero-order valence-corrected chi connectivity index (χ0v) is 13.8. The molecule has 0 heterocycles. The molecule has 0 aliphatic carbocycles. The summed E-state index contributed by atoms with van der Waals surface area (Å²) in [5.74, 6) is 0. The molecule has 24 heavy (non-hydrogen) atoms. The molecular formula is C22H15NS. The zero-order valence-electron chi connectivity index (χ0n) is 13.0. The molecule has 0 fully saturated rings. The van der Waals surface area contributed by atoms with Crippen LogP contribution in [0.25, 0.3) is 21.5 Å². The van der Waals surface area contributed by atoms with Gasteiger partial charge in [0.2, 0.25) is 0 Å². The van der Waals surface area contributed by atoms with E-state index < -0.39 is 0 Å². The Hall–Kier alpha value is -2.80. The van der Waals surface area contributed by atoms with Crippen LogP contribution in [0, 0.1) is 0 Å². The number of thiocarbonyl (C=S) groups is 1. The topological polar surface area (TPSA) is 12.4 Å². The van der Waals surface area contributed by atoms with E-state index in [9.17, 15) is 0 Å². The van der Waals surface area contributed by atoms with Gasteiger partial charge in [0.05, 0.1) is 5.16 Å². The van der Waals surface area contributed by atoms with Crippen molar-refractivity contribution in [2.24, 2.45) is 4.99 Å².